The zero-order valence-electron chi connectivity index (χ0n) is 23.5. The smallest absolute Gasteiger partial charge is 0.326 e. The van der Waals surface area contributed by atoms with Crippen LogP contribution >= 0.6 is 0 Å². The number of ether oxygens (including phenoxy) is 3. The number of furan rings is 1. The highest BCUT2D eigenvalue weighted by Gasteiger charge is 2.50. The molecule has 1 N–H and O–H groups in total. The van der Waals surface area contributed by atoms with Gasteiger partial charge in [0.15, 0.2) is 5.76 Å². The van der Waals surface area contributed by atoms with E-state index >= 15 is 0 Å². The Bertz CT molecular complexity index is 1540. The van der Waals surface area contributed by atoms with Crippen LogP contribution in [0.1, 0.15) is 37.6 Å². The number of carboxylic acid groups (broad SMARTS) is 1. The fourth-order valence-electron chi connectivity index (χ4n) is 5.73. The SMILES string of the molecule is Cc1nc(-c2ccco2)nc(N2C[C@@H](Oc3ncc(C#CC4CC4)cc3N3CCOC4(COC4)[C@@H]3C)C[C@H]2C(=O)O)n1. The van der Waals surface area contributed by atoms with E-state index in [1.165, 1.54) is 6.26 Å². The lowest BCUT2D eigenvalue weighted by atomic mass is 9.90. The highest BCUT2D eigenvalue weighted by molar-refractivity contribution is 5.78. The highest BCUT2D eigenvalue weighted by atomic mass is 16.6. The van der Waals surface area contributed by atoms with Crippen LogP contribution in [0.3, 0.4) is 0 Å². The molecule has 12 heteroatoms. The summed E-state index contributed by atoms with van der Waals surface area (Å²) in [6, 6.07) is 4.67. The quantitative estimate of drug-likeness (QED) is 0.435. The number of hydrogen-bond donors (Lipinski definition) is 1. The van der Waals surface area contributed by atoms with Gasteiger partial charge in [-0.15, -0.1) is 0 Å². The summed E-state index contributed by atoms with van der Waals surface area (Å²) in [5.41, 5.74) is 1.27. The number of carboxylic acids is 1. The third-order valence-corrected chi connectivity index (χ3v) is 8.34. The van der Waals surface area contributed by atoms with Crippen molar-refractivity contribution in [3.05, 3.63) is 42.0 Å². The van der Waals surface area contributed by atoms with Gasteiger partial charge in [-0.1, -0.05) is 11.8 Å². The average molecular weight is 573 g/mol. The van der Waals surface area contributed by atoms with Crippen molar-refractivity contribution < 1.29 is 28.5 Å². The van der Waals surface area contributed by atoms with Gasteiger partial charge in [0.1, 0.15) is 29.3 Å². The van der Waals surface area contributed by atoms with Gasteiger partial charge in [0.25, 0.3) is 0 Å². The van der Waals surface area contributed by atoms with Gasteiger partial charge in [0.05, 0.1) is 38.7 Å². The van der Waals surface area contributed by atoms with Crippen LogP contribution in [-0.4, -0.2) is 87.7 Å². The standard InChI is InChI=1S/C30H32N6O6/c1-18-30(16-39-17-30)41-11-9-35(18)23-12-21(8-7-20-5-6-20)14-31-27(23)42-22-13-24(28(37)38)36(15-22)29-33-19(2)32-26(34-29)25-4-3-10-40-25/h3-4,10,12,14,18,20,22,24H,5-6,9,11,13,15-17H2,1-2H3,(H,37,38)/t18-,22-,24-/m0/s1. The van der Waals surface area contributed by atoms with Gasteiger partial charge in [0, 0.05) is 30.6 Å². The Hall–Kier alpha value is -4.21. The Kier molecular flexibility index (Phi) is 6.71. The molecule has 3 aliphatic heterocycles. The van der Waals surface area contributed by atoms with E-state index in [-0.39, 0.29) is 30.6 Å². The highest BCUT2D eigenvalue weighted by Crippen LogP contribution is 2.39. The van der Waals surface area contributed by atoms with Crippen molar-refractivity contribution in [2.45, 2.75) is 56.9 Å². The Labute approximate surface area is 243 Å². The van der Waals surface area contributed by atoms with E-state index in [0.717, 1.165) is 24.1 Å². The molecule has 1 spiro atoms. The molecule has 0 unspecified atom stereocenters. The number of carbonyl (C=O) groups is 1. The van der Waals surface area contributed by atoms with Crippen LogP contribution in [0.4, 0.5) is 11.6 Å². The number of aromatic nitrogens is 4. The summed E-state index contributed by atoms with van der Waals surface area (Å²) in [4.78, 5) is 34.4. The molecule has 3 atom stereocenters. The molecule has 6 heterocycles. The normalized spacial score (nSPS) is 24.7. The lowest BCUT2D eigenvalue weighted by molar-refractivity contribution is -0.228. The van der Waals surface area contributed by atoms with E-state index in [1.807, 2.05) is 6.07 Å². The Morgan fingerprint density at radius 2 is 2.07 bits per heavy atom. The minimum absolute atomic E-state index is 0.0239. The van der Waals surface area contributed by atoms with E-state index in [2.05, 4.69) is 38.6 Å². The lowest BCUT2D eigenvalue weighted by Crippen LogP contribution is -2.68. The summed E-state index contributed by atoms with van der Waals surface area (Å²) in [5.74, 6) is 8.07. The van der Waals surface area contributed by atoms with Gasteiger partial charge in [0.2, 0.25) is 17.7 Å². The summed E-state index contributed by atoms with van der Waals surface area (Å²) in [6.45, 7) is 6.43. The van der Waals surface area contributed by atoms with E-state index < -0.39 is 18.1 Å². The number of pyridine rings is 1. The van der Waals surface area contributed by atoms with Crippen molar-refractivity contribution >= 4 is 17.6 Å². The second kappa shape index (κ2) is 10.6. The molecule has 42 heavy (non-hydrogen) atoms. The summed E-state index contributed by atoms with van der Waals surface area (Å²) < 4.78 is 23.7. The first-order chi connectivity index (χ1) is 20.4. The average Bonchev–Trinajstić information content (AvgIpc) is 3.43. The predicted octanol–water partition coefficient (Wildman–Crippen LogP) is 2.70. The lowest BCUT2D eigenvalue weighted by Gasteiger charge is -2.53. The van der Waals surface area contributed by atoms with Crippen molar-refractivity contribution in [2.75, 3.05) is 42.7 Å². The zero-order valence-corrected chi connectivity index (χ0v) is 23.5. The van der Waals surface area contributed by atoms with Gasteiger partial charge >= 0.3 is 5.97 Å². The monoisotopic (exact) mass is 572 g/mol. The van der Waals surface area contributed by atoms with Gasteiger partial charge in [-0.25, -0.2) is 14.8 Å². The van der Waals surface area contributed by atoms with Gasteiger partial charge < -0.3 is 33.5 Å². The van der Waals surface area contributed by atoms with Gasteiger partial charge in [-0.05, 0) is 44.9 Å². The fraction of sp³-hybridized carbons (Fsp3) is 0.500. The van der Waals surface area contributed by atoms with Crippen LogP contribution in [0.15, 0.2) is 35.1 Å². The number of nitrogens with zero attached hydrogens (tertiary/aromatic N) is 6. The minimum Gasteiger partial charge on any atom is -0.480 e. The molecule has 4 aliphatic rings. The van der Waals surface area contributed by atoms with Crippen molar-refractivity contribution in [1.82, 2.24) is 19.9 Å². The molecular weight excluding hydrogens is 540 g/mol. The fourth-order valence-corrected chi connectivity index (χ4v) is 5.73. The second-order valence-corrected chi connectivity index (χ2v) is 11.3. The summed E-state index contributed by atoms with van der Waals surface area (Å²) >= 11 is 0. The molecule has 1 aliphatic carbocycles. The molecule has 3 aromatic heterocycles. The molecule has 7 rings (SSSR count). The predicted molar refractivity (Wildman–Crippen MR) is 150 cm³/mol. The van der Waals surface area contributed by atoms with Crippen LogP contribution in [0, 0.1) is 24.7 Å². The molecule has 0 aromatic carbocycles. The Morgan fingerprint density at radius 1 is 1.21 bits per heavy atom. The zero-order chi connectivity index (χ0) is 28.8. The molecule has 4 fully saturated rings. The van der Waals surface area contributed by atoms with E-state index in [0.29, 0.717) is 55.6 Å². The largest absolute Gasteiger partial charge is 0.480 e. The minimum atomic E-state index is -0.980. The third-order valence-electron chi connectivity index (χ3n) is 8.34. The molecule has 3 aromatic rings. The molecule has 0 bridgehead atoms. The molecule has 0 amide bonds. The molecule has 3 saturated heterocycles. The first-order valence-corrected chi connectivity index (χ1v) is 14.3. The van der Waals surface area contributed by atoms with Crippen LogP contribution < -0.4 is 14.5 Å². The van der Waals surface area contributed by atoms with Crippen molar-refractivity contribution in [3.8, 4) is 29.3 Å². The van der Waals surface area contributed by atoms with Crippen molar-refractivity contribution in [1.29, 1.82) is 0 Å². The summed E-state index contributed by atoms with van der Waals surface area (Å²) in [7, 11) is 0. The van der Waals surface area contributed by atoms with Crippen molar-refractivity contribution in [2.24, 2.45) is 5.92 Å². The Morgan fingerprint density at radius 3 is 2.79 bits per heavy atom. The first-order valence-electron chi connectivity index (χ1n) is 14.3. The third kappa shape index (κ3) is 5.03. The maximum absolute atomic E-state index is 12.4. The van der Waals surface area contributed by atoms with Crippen LogP contribution in [0.25, 0.3) is 11.6 Å². The number of aryl methyl sites for hydroxylation is 1. The number of aliphatic carboxylic acids is 1. The molecule has 12 nitrogen and oxygen atoms in total. The number of rotatable bonds is 6. The van der Waals surface area contributed by atoms with Crippen LogP contribution in [0.2, 0.25) is 0 Å². The summed E-state index contributed by atoms with van der Waals surface area (Å²) in [6.07, 6.45) is 5.32. The maximum Gasteiger partial charge on any atom is 0.326 e. The molecule has 1 saturated carbocycles. The van der Waals surface area contributed by atoms with Gasteiger partial charge in [-0.3, -0.25) is 0 Å². The summed E-state index contributed by atoms with van der Waals surface area (Å²) in [5, 5.41) is 10.1. The van der Waals surface area contributed by atoms with E-state index in [4.69, 9.17) is 23.6 Å². The molecule has 0 radical (unpaired) electrons. The molecular formula is C30H32N6O6. The van der Waals surface area contributed by atoms with E-state index in [1.54, 1.807) is 30.2 Å². The van der Waals surface area contributed by atoms with Crippen LogP contribution in [-0.2, 0) is 14.3 Å². The second-order valence-electron chi connectivity index (χ2n) is 11.3. The Balaban J connectivity index is 1.18. The maximum atomic E-state index is 12.4. The van der Waals surface area contributed by atoms with Crippen molar-refractivity contribution in [3.63, 3.8) is 0 Å². The number of hydrogen-bond acceptors (Lipinski definition) is 11. The van der Waals surface area contributed by atoms with Gasteiger partial charge in [-0.2, -0.15) is 9.97 Å². The number of anilines is 2. The topological polar surface area (TPSA) is 136 Å². The first kappa shape index (κ1) is 26.7. The molecule has 218 valence electrons. The van der Waals surface area contributed by atoms with E-state index in [9.17, 15) is 9.90 Å². The van der Waals surface area contributed by atoms with Crippen LogP contribution in [0.5, 0.6) is 5.88 Å². The number of morpholine rings is 1.